The van der Waals surface area contributed by atoms with E-state index in [1.54, 1.807) is 49.4 Å². The van der Waals surface area contributed by atoms with E-state index in [1.165, 1.54) is 13.2 Å². The molecule has 0 aliphatic rings. The molecule has 3 aromatic rings. The van der Waals surface area contributed by atoms with Crippen LogP contribution in [0.1, 0.15) is 16.8 Å². The summed E-state index contributed by atoms with van der Waals surface area (Å²) in [5.41, 5.74) is 2.38. The van der Waals surface area contributed by atoms with Crippen LogP contribution in [0.5, 0.6) is 5.75 Å². The second-order valence-corrected chi connectivity index (χ2v) is 7.72. The van der Waals surface area contributed by atoms with Crippen molar-refractivity contribution in [2.45, 2.75) is 17.6 Å². The Balaban J connectivity index is 2.00. The molecule has 0 N–H and O–H groups in total. The Morgan fingerprint density at radius 2 is 1.88 bits per heavy atom. The van der Waals surface area contributed by atoms with Crippen molar-refractivity contribution in [3.63, 3.8) is 0 Å². The van der Waals surface area contributed by atoms with Gasteiger partial charge in [-0.2, -0.15) is 5.26 Å². The molecule has 0 fully saturated rings. The van der Waals surface area contributed by atoms with E-state index < -0.39 is 9.84 Å². The number of benzene rings is 2. The Bertz CT molecular complexity index is 1080. The molecule has 1 aromatic heterocycles. The highest BCUT2D eigenvalue weighted by Gasteiger charge is 2.22. The van der Waals surface area contributed by atoms with Crippen molar-refractivity contribution in [3.8, 4) is 23.1 Å². The topological polar surface area (TPSA) is 93.2 Å². The van der Waals surface area contributed by atoms with Gasteiger partial charge in [-0.15, -0.1) is 0 Å². The normalized spacial score (nSPS) is 11.1. The van der Waals surface area contributed by atoms with Crippen molar-refractivity contribution in [1.29, 1.82) is 5.26 Å². The van der Waals surface area contributed by atoms with Gasteiger partial charge < -0.3 is 9.26 Å². The van der Waals surface area contributed by atoms with E-state index >= 15 is 0 Å². The molecule has 0 saturated carbocycles. The zero-order valence-corrected chi connectivity index (χ0v) is 15.1. The van der Waals surface area contributed by atoms with Gasteiger partial charge in [-0.1, -0.05) is 17.3 Å². The molecule has 6 nitrogen and oxygen atoms in total. The number of aromatic nitrogens is 1. The number of nitriles is 1. The van der Waals surface area contributed by atoms with Crippen LogP contribution in [0.3, 0.4) is 0 Å². The van der Waals surface area contributed by atoms with E-state index in [1.807, 2.05) is 6.07 Å². The van der Waals surface area contributed by atoms with Crippen LogP contribution >= 0.6 is 0 Å². The maximum Gasteiger partial charge on any atom is 0.186 e. The number of rotatable bonds is 5. The predicted octanol–water partition coefficient (Wildman–Crippen LogP) is 3.50. The first kappa shape index (κ1) is 17.7. The minimum atomic E-state index is -3.67. The third-order valence-electron chi connectivity index (χ3n) is 3.85. The monoisotopic (exact) mass is 368 g/mol. The van der Waals surface area contributed by atoms with Gasteiger partial charge in [0.25, 0.3) is 0 Å². The van der Waals surface area contributed by atoms with Crippen molar-refractivity contribution in [1.82, 2.24) is 5.16 Å². The lowest BCUT2D eigenvalue weighted by Gasteiger charge is -2.11. The third-order valence-corrected chi connectivity index (χ3v) is 5.55. The van der Waals surface area contributed by atoms with E-state index in [4.69, 9.17) is 14.5 Å². The average Bonchev–Trinajstić information content (AvgIpc) is 3.08. The second kappa shape index (κ2) is 7.02. The molecule has 0 amide bonds. The van der Waals surface area contributed by atoms with E-state index in [-0.39, 0.29) is 16.4 Å². The molecule has 3 rings (SSSR count). The zero-order chi connectivity index (χ0) is 18.7. The van der Waals surface area contributed by atoms with Crippen molar-refractivity contribution >= 4 is 9.84 Å². The largest absolute Gasteiger partial charge is 0.495 e. The molecule has 7 heteroatoms. The Labute approximate surface area is 151 Å². The number of nitrogens with zero attached hydrogens (tertiary/aromatic N) is 2. The molecule has 0 radical (unpaired) electrons. The molecule has 0 aliphatic carbocycles. The lowest BCUT2D eigenvalue weighted by Crippen LogP contribution is -2.07. The molecule has 0 aliphatic heterocycles. The fourth-order valence-corrected chi connectivity index (χ4v) is 4.10. The van der Waals surface area contributed by atoms with Crippen LogP contribution in [-0.2, 0) is 15.6 Å². The number of ether oxygens (including phenoxy) is 1. The Morgan fingerprint density at radius 3 is 2.46 bits per heavy atom. The number of sulfone groups is 1. The molecule has 0 spiro atoms. The van der Waals surface area contributed by atoms with Crippen molar-refractivity contribution in [2.75, 3.05) is 7.11 Å². The van der Waals surface area contributed by atoms with Crippen LogP contribution < -0.4 is 4.74 Å². The summed E-state index contributed by atoms with van der Waals surface area (Å²) in [6.07, 6.45) is 0. The molecule has 0 saturated heterocycles. The van der Waals surface area contributed by atoms with Crippen LogP contribution in [-0.4, -0.2) is 20.7 Å². The van der Waals surface area contributed by atoms with Crippen LogP contribution in [0.2, 0.25) is 0 Å². The van der Waals surface area contributed by atoms with Crippen molar-refractivity contribution in [3.05, 3.63) is 65.4 Å². The maximum atomic E-state index is 12.9. The lowest BCUT2D eigenvalue weighted by molar-refractivity contribution is 0.402. The van der Waals surface area contributed by atoms with E-state index in [0.717, 1.165) is 0 Å². The summed E-state index contributed by atoms with van der Waals surface area (Å²) in [5, 5.41) is 12.7. The standard InChI is InChI=1S/C19H16N2O4S/c1-13-9-18(25-21-13)16-7-8-17(24-2)19(10-16)26(22,23)12-15-5-3-14(11-20)4-6-15/h3-10H,12H2,1-2H3. The van der Waals surface area contributed by atoms with Gasteiger partial charge in [0.15, 0.2) is 15.6 Å². The summed E-state index contributed by atoms with van der Waals surface area (Å²) < 4.78 is 36.3. The first-order valence-corrected chi connectivity index (χ1v) is 9.41. The molecule has 0 bridgehead atoms. The maximum absolute atomic E-state index is 12.9. The van der Waals surface area contributed by atoms with Gasteiger partial charge in [0.05, 0.1) is 30.2 Å². The highest BCUT2D eigenvalue weighted by atomic mass is 32.2. The molecule has 0 unspecified atom stereocenters. The van der Waals surface area contributed by atoms with Crippen molar-refractivity contribution in [2.24, 2.45) is 0 Å². The molecule has 132 valence electrons. The quantitative estimate of drug-likeness (QED) is 0.684. The summed E-state index contributed by atoms with van der Waals surface area (Å²) in [7, 11) is -2.24. The summed E-state index contributed by atoms with van der Waals surface area (Å²) in [4.78, 5) is 0.0795. The predicted molar refractivity (Wildman–Crippen MR) is 95.3 cm³/mol. The van der Waals surface area contributed by atoms with E-state index in [0.29, 0.717) is 28.1 Å². The highest BCUT2D eigenvalue weighted by Crippen LogP contribution is 2.32. The summed E-state index contributed by atoms with van der Waals surface area (Å²) >= 11 is 0. The smallest absolute Gasteiger partial charge is 0.186 e. The Kier molecular flexibility index (Phi) is 4.78. The number of methoxy groups -OCH3 is 1. The zero-order valence-electron chi connectivity index (χ0n) is 14.3. The molecule has 1 heterocycles. The first-order chi connectivity index (χ1) is 12.4. The molecule has 26 heavy (non-hydrogen) atoms. The summed E-state index contributed by atoms with van der Waals surface area (Å²) in [6, 6.07) is 15.0. The highest BCUT2D eigenvalue weighted by molar-refractivity contribution is 7.90. The lowest BCUT2D eigenvalue weighted by atomic mass is 10.1. The minimum absolute atomic E-state index is 0.0795. The Hall–Kier alpha value is -3.11. The SMILES string of the molecule is COc1ccc(-c2cc(C)no2)cc1S(=O)(=O)Cc1ccc(C#N)cc1. The van der Waals surface area contributed by atoms with E-state index in [9.17, 15) is 8.42 Å². The van der Waals surface area contributed by atoms with Gasteiger partial charge in [0, 0.05) is 11.6 Å². The molecular weight excluding hydrogens is 352 g/mol. The van der Waals surface area contributed by atoms with Gasteiger partial charge >= 0.3 is 0 Å². The summed E-state index contributed by atoms with van der Waals surface area (Å²) in [5.74, 6) is 0.548. The molecule has 2 aromatic carbocycles. The van der Waals surface area contributed by atoms with Crippen LogP contribution in [0.4, 0.5) is 0 Å². The molecule has 0 atom stereocenters. The van der Waals surface area contributed by atoms with Gasteiger partial charge in [0.2, 0.25) is 0 Å². The van der Waals surface area contributed by atoms with Crippen LogP contribution in [0.25, 0.3) is 11.3 Å². The third kappa shape index (κ3) is 3.60. The fourth-order valence-electron chi connectivity index (χ4n) is 2.55. The van der Waals surface area contributed by atoms with Gasteiger partial charge in [-0.3, -0.25) is 0 Å². The number of aryl methyl sites for hydroxylation is 1. The van der Waals surface area contributed by atoms with Crippen LogP contribution in [0.15, 0.2) is 57.9 Å². The Morgan fingerprint density at radius 1 is 1.15 bits per heavy atom. The fraction of sp³-hybridized carbons (Fsp3) is 0.158. The van der Waals surface area contributed by atoms with Gasteiger partial charge in [-0.05, 0) is 42.8 Å². The van der Waals surface area contributed by atoms with E-state index in [2.05, 4.69) is 5.16 Å². The van der Waals surface area contributed by atoms with Crippen LogP contribution in [0, 0.1) is 18.3 Å². The van der Waals surface area contributed by atoms with Gasteiger partial charge in [0.1, 0.15) is 10.6 Å². The van der Waals surface area contributed by atoms with Crippen molar-refractivity contribution < 1.29 is 17.7 Å². The first-order valence-electron chi connectivity index (χ1n) is 7.76. The number of hydrogen-bond acceptors (Lipinski definition) is 6. The average molecular weight is 368 g/mol. The molecular formula is C19H16N2O4S. The summed E-state index contributed by atoms with van der Waals surface area (Å²) in [6.45, 7) is 1.79. The number of hydrogen-bond donors (Lipinski definition) is 0. The second-order valence-electron chi connectivity index (χ2n) is 5.77. The van der Waals surface area contributed by atoms with Gasteiger partial charge in [-0.25, -0.2) is 8.42 Å². The minimum Gasteiger partial charge on any atom is -0.495 e.